The summed E-state index contributed by atoms with van der Waals surface area (Å²) in [4.78, 5) is 11.9. The highest BCUT2D eigenvalue weighted by Gasteiger charge is 2.04. The molecule has 0 spiro atoms. The fourth-order valence-electron chi connectivity index (χ4n) is 1.06. The van der Waals surface area contributed by atoms with Gasteiger partial charge in [0, 0.05) is 0 Å². The number of imidazole rings is 1. The molecule has 0 aliphatic carbocycles. The zero-order valence-electron chi connectivity index (χ0n) is 6.81. The van der Waals surface area contributed by atoms with Gasteiger partial charge in [-0.3, -0.25) is 4.57 Å². The summed E-state index contributed by atoms with van der Waals surface area (Å²) in [5.74, 6) is 0.376. The lowest BCUT2D eigenvalue weighted by atomic mass is 10.5. The maximum absolute atomic E-state index is 5.59. The van der Waals surface area contributed by atoms with E-state index < -0.39 is 0 Å². The van der Waals surface area contributed by atoms with Gasteiger partial charge in [-0.1, -0.05) is 6.58 Å². The van der Waals surface area contributed by atoms with Gasteiger partial charge in [-0.15, -0.1) is 5.73 Å². The van der Waals surface area contributed by atoms with E-state index >= 15 is 0 Å². The first-order chi connectivity index (χ1) is 6.33. The number of nitrogens with zero attached hydrogens (tertiary/aromatic N) is 4. The normalized spacial score (nSPS) is 9.85. The van der Waals surface area contributed by atoms with Gasteiger partial charge >= 0.3 is 0 Å². The Kier molecular flexibility index (Phi) is 1.58. The van der Waals surface area contributed by atoms with E-state index in [0.29, 0.717) is 17.0 Å². The van der Waals surface area contributed by atoms with Gasteiger partial charge in [-0.05, 0) is 0 Å². The predicted octanol–water partition coefficient (Wildman–Crippen LogP) is 0.664. The summed E-state index contributed by atoms with van der Waals surface area (Å²) in [5.41, 5.74) is 9.47. The van der Waals surface area contributed by atoms with Crippen LogP contribution < -0.4 is 5.73 Å². The standard InChI is InChI=1S/C8H7N5/c1-2-3-13-5-12-6-7(9)10-4-11-8(6)13/h3-5H,1H2,(H2,9,10,11). The third-order valence-corrected chi connectivity index (χ3v) is 1.62. The molecule has 64 valence electrons. The highest BCUT2D eigenvalue weighted by atomic mass is 15.1. The van der Waals surface area contributed by atoms with Crippen molar-refractivity contribution in [3.8, 4) is 0 Å². The van der Waals surface area contributed by atoms with E-state index in [4.69, 9.17) is 5.73 Å². The quantitative estimate of drug-likeness (QED) is 0.643. The molecule has 2 N–H and O–H groups in total. The van der Waals surface area contributed by atoms with Crippen molar-refractivity contribution in [2.24, 2.45) is 0 Å². The zero-order chi connectivity index (χ0) is 9.26. The lowest BCUT2D eigenvalue weighted by molar-refractivity contribution is 1.13. The number of fused-ring (bicyclic) bond motifs is 1. The van der Waals surface area contributed by atoms with Gasteiger partial charge < -0.3 is 5.73 Å². The maximum Gasteiger partial charge on any atom is 0.170 e. The molecular weight excluding hydrogens is 166 g/mol. The maximum atomic E-state index is 5.59. The van der Waals surface area contributed by atoms with Crippen molar-refractivity contribution in [1.82, 2.24) is 19.5 Å². The van der Waals surface area contributed by atoms with Gasteiger partial charge in [0.15, 0.2) is 17.0 Å². The highest BCUT2D eigenvalue weighted by Crippen LogP contribution is 2.13. The van der Waals surface area contributed by atoms with Gasteiger partial charge in [0.2, 0.25) is 0 Å². The van der Waals surface area contributed by atoms with Crippen molar-refractivity contribution < 1.29 is 0 Å². The zero-order valence-corrected chi connectivity index (χ0v) is 6.81. The Hall–Kier alpha value is -2.13. The topological polar surface area (TPSA) is 69.6 Å². The first-order valence-corrected chi connectivity index (χ1v) is 3.62. The highest BCUT2D eigenvalue weighted by molar-refractivity contribution is 5.82. The second kappa shape index (κ2) is 2.73. The molecule has 0 saturated carbocycles. The molecule has 0 aliphatic heterocycles. The van der Waals surface area contributed by atoms with Crippen LogP contribution in [0.2, 0.25) is 0 Å². The van der Waals surface area contributed by atoms with Crippen molar-refractivity contribution >= 4 is 23.2 Å². The third kappa shape index (κ3) is 1.07. The lowest BCUT2D eigenvalue weighted by Crippen LogP contribution is -1.93. The first-order valence-electron chi connectivity index (χ1n) is 3.62. The molecule has 2 heterocycles. The average Bonchev–Trinajstić information content (AvgIpc) is 2.51. The number of nitrogens with two attached hydrogens (primary N) is 1. The second-order valence-corrected chi connectivity index (χ2v) is 2.42. The molecule has 0 amide bonds. The van der Waals surface area contributed by atoms with Gasteiger partial charge in [0.25, 0.3) is 0 Å². The summed E-state index contributed by atoms with van der Waals surface area (Å²) in [5, 5.41) is 0. The minimum atomic E-state index is 0.376. The molecule has 0 fully saturated rings. The minimum absolute atomic E-state index is 0.376. The Morgan fingerprint density at radius 1 is 1.46 bits per heavy atom. The summed E-state index contributed by atoms with van der Waals surface area (Å²) in [6.07, 6.45) is 4.61. The molecule has 2 aromatic heterocycles. The van der Waals surface area contributed by atoms with Crippen molar-refractivity contribution in [3.63, 3.8) is 0 Å². The molecule has 0 aliphatic rings. The Balaban J connectivity index is 2.82. The number of nitrogen functional groups attached to an aromatic ring is 1. The number of hydrogen-bond donors (Lipinski definition) is 1. The lowest BCUT2D eigenvalue weighted by Gasteiger charge is -1.93. The van der Waals surface area contributed by atoms with Crippen molar-refractivity contribution in [2.45, 2.75) is 0 Å². The van der Waals surface area contributed by atoms with E-state index in [1.54, 1.807) is 17.1 Å². The van der Waals surface area contributed by atoms with Crippen LogP contribution in [0.5, 0.6) is 0 Å². The van der Waals surface area contributed by atoms with Gasteiger partial charge in [0.1, 0.15) is 12.7 Å². The monoisotopic (exact) mass is 173 g/mol. The average molecular weight is 173 g/mol. The van der Waals surface area contributed by atoms with Crippen molar-refractivity contribution in [2.75, 3.05) is 5.73 Å². The van der Waals surface area contributed by atoms with E-state index in [9.17, 15) is 0 Å². The van der Waals surface area contributed by atoms with Crippen LogP contribution in [0.25, 0.3) is 17.4 Å². The Morgan fingerprint density at radius 2 is 2.31 bits per heavy atom. The smallest absolute Gasteiger partial charge is 0.170 e. The molecule has 2 aromatic rings. The molecule has 13 heavy (non-hydrogen) atoms. The largest absolute Gasteiger partial charge is 0.382 e. The van der Waals surface area contributed by atoms with Gasteiger partial charge in [-0.25, -0.2) is 15.0 Å². The summed E-state index contributed by atoms with van der Waals surface area (Å²) in [7, 11) is 0. The number of anilines is 1. The fourth-order valence-corrected chi connectivity index (χ4v) is 1.06. The molecule has 5 nitrogen and oxygen atoms in total. The molecule has 0 bridgehead atoms. The summed E-state index contributed by atoms with van der Waals surface area (Å²) < 4.78 is 1.68. The van der Waals surface area contributed by atoms with E-state index in [0.717, 1.165) is 0 Å². The molecular formula is C8H7N5. The van der Waals surface area contributed by atoms with E-state index in [2.05, 4.69) is 27.3 Å². The van der Waals surface area contributed by atoms with Crippen LogP contribution in [0.3, 0.4) is 0 Å². The number of hydrogen-bond acceptors (Lipinski definition) is 4. The summed E-state index contributed by atoms with van der Waals surface area (Å²) in [6, 6.07) is 0. The van der Waals surface area contributed by atoms with Crippen LogP contribution in [0, 0.1) is 0 Å². The Labute approximate surface area is 74.2 Å². The Morgan fingerprint density at radius 3 is 3.08 bits per heavy atom. The number of aromatic nitrogens is 4. The van der Waals surface area contributed by atoms with Crippen LogP contribution in [0.4, 0.5) is 5.82 Å². The minimum Gasteiger partial charge on any atom is -0.382 e. The van der Waals surface area contributed by atoms with Crippen LogP contribution >= 0.6 is 0 Å². The Bertz CT molecular complexity index is 492. The molecule has 0 radical (unpaired) electrons. The molecule has 0 aromatic carbocycles. The van der Waals surface area contributed by atoms with E-state index in [-0.39, 0.29) is 0 Å². The molecule has 0 atom stereocenters. The second-order valence-electron chi connectivity index (χ2n) is 2.42. The van der Waals surface area contributed by atoms with Crippen LogP contribution in [0.15, 0.2) is 25.0 Å². The summed E-state index contributed by atoms with van der Waals surface area (Å²) >= 11 is 0. The first kappa shape index (κ1) is 7.52. The predicted molar refractivity (Wildman–Crippen MR) is 49.6 cm³/mol. The van der Waals surface area contributed by atoms with Crippen LogP contribution in [-0.2, 0) is 0 Å². The summed E-state index contributed by atoms with van der Waals surface area (Å²) in [6.45, 7) is 3.46. The van der Waals surface area contributed by atoms with Crippen molar-refractivity contribution in [3.05, 3.63) is 25.0 Å². The molecule has 5 heteroatoms. The SMILES string of the molecule is C=C=Cn1cnc2c(N)ncnc21. The van der Waals surface area contributed by atoms with Gasteiger partial charge in [0.05, 0.1) is 6.20 Å². The fraction of sp³-hybridized carbons (Fsp3) is 0. The molecule has 2 rings (SSSR count). The molecule has 0 unspecified atom stereocenters. The van der Waals surface area contributed by atoms with Gasteiger partial charge in [-0.2, -0.15) is 0 Å². The molecule has 0 saturated heterocycles. The number of rotatable bonds is 1. The third-order valence-electron chi connectivity index (χ3n) is 1.62. The van der Waals surface area contributed by atoms with E-state index in [1.165, 1.54) is 6.33 Å². The van der Waals surface area contributed by atoms with Crippen LogP contribution in [0.1, 0.15) is 0 Å². The van der Waals surface area contributed by atoms with Crippen molar-refractivity contribution in [1.29, 1.82) is 0 Å². The van der Waals surface area contributed by atoms with E-state index in [1.807, 2.05) is 0 Å². The van der Waals surface area contributed by atoms with Crippen LogP contribution in [-0.4, -0.2) is 19.5 Å².